The van der Waals surface area contributed by atoms with Gasteiger partial charge in [0.25, 0.3) is 0 Å². The van der Waals surface area contributed by atoms with E-state index < -0.39 is 5.97 Å². The molecule has 0 spiro atoms. The molecular formula is C28H27NO5. The molecule has 1 atom stereocenters. The summed E-state index contributed by atoms with van der Waals surface area (Å²) in [6, 6.07) is 15.3. The highest BCUT2D eigenvalue weighted by Gasteiger charge is 2.36. The molecule has 0 saturated carbocycles. The van der Waals surface area contributed by atoms with Crippen LogP contribution >= 0.6 is 0 Å². The number of ether oxygens (including phenoxy) is 3. The van der Waals surface area contributed by atoms with Crippen LogP contribution in [-0.2, 0) is 19.1 Å². The van der Waals surface area contributed by atoms with Crippen LogP contribution in [0, 0.1) is 5.92 Å². The molecule has 2 aromatic carbocycles. The number of carbonyl (C=O) groups is 2. The minimum absolute atomic E-state index is 0.132. The van der Waals surface area contributed by atoms with Crippen LogP contribution in [-0.4, -0.2) is 45.1 Å². The van der Waals surface area contributed by atoms with E-state index in [1.807, 2.05) is 48.5 Å². The van der Waals surface area contributed by atoms with Crippen LogP contribution in [0.4, 0.5) is 0 Å². The van der Waals surface area contributed by atoms with E-state index in [0.29, 0.717) is 17.8 Å². The summed E-state index contributed by atoms with van der Waals surface area (Å²) in [6.07, 6.45) is 7.43. The SMILES string of the molecule is COC1=C(OC(=O)/C=C/c2ccc(OC)cc2)C=C(C(=O)N(C)C)C2CC=c3ccccc3=C12. The number of likely N-dealkylation sites (N-methyl/N-ethyl adjacent to an activating group) is 1. The average molecular weight is 458 g/mol. The van der Waals surface area contributed by atoms with Gasteiger partial charge in [0.05, 0.1) is 14.2 Å². The van der Waals surface area contributed by atoms with Crippen LogP contribution in [0.15, 0.2) is 77.8 Å². The first kappa shape index (κ1) is 23.1. The van der Waals surface area contributed by atoms with E-state index in [1.165, 1.54) is 11.0 Å². The summed E-state index contributed by atoms with van der Waals surface area (Å²) in [5, 5.41) is 2.03. The van der Waals surface area contributed by atoms with Gasteiger partial charge in [-0.15, -0.1) is 0 Å². The lowest BCUT2D eigenvalue weighted by Crippen LogP contribution is -2.38. The Hall–Kier alpha value is -4.06. The Morgan fingerprint density at radius 2 is 1.74 bits per heavy atom. The number of nitrogens with zero attached hydrogens (tertiary/aromatic N) is 1. The number of esters is 1. The quantitative estimate of drug-likeness (QED) is 0.493. The maximum atomic E-state index is 13.1. The third-order valence-electron chi connectivity index (χ3n) is 5.90. The minimum atomic E-state index is -0.567. The second-order valence-electron chi connectivity index (χ2n) is 8.22. The molecule has 0 radical (unpaired) electrons. The lowest BCUT2D eigenvalue weighted by atomic mass is 9.78. The zero-order valence-electron chi connectivity index (χ0n) is 19.7. The fraction of sp³-hybridized carbons (Fsp3) is 0.214. The Morgan fingerprint density at radius 1 is 1.00 bits per heavy atom. The van der Waals surface area contributed by atoms with Gasteiger partial charge in [0, 0.05) is 37.2 Å². The van der Waals surface area contributed by atoms with Gasteiger partial charge < -0.3 is 19.1 Å². The molecule has 2 aliphatic carbocycles. The molecule has 34 heavy (non-hydrogen) atoms. The van der Waals surface area contributed by atoms with Crippen LogP contribution in [0.2, 0.25) is 0 Å². The van der Waals surface area contributed by atoms with Gasteiger partial charge in [-0.1, -0.05) is 42.5 Å². The lowest BCUT2D eigenvalue weighted by molar-refractivity contribution is -0.133. The highest BCUT2D eigenvalue weighted by molar-refractivity contribution is 5.99. The summed E-state index contributed by atoms with van der Waals surface area (Å²) < 4.78 is 16.6. The molecule has 2 aliphatic rings. The molecule has 0 saturated heterocycles. The van der Waals surface area contributed by atoms with E-state index in [4.69, 9.17) is 14.2 Å². The van der Waals surface area contributed by atoms with Crippen molar-refractivity contribution in [3.63, 3.8) is 0 Å². The second-order valence-corrected chi connectivity index (χ2v) is 8.22. The first-order valence-electron chi connectivity index (χ1n) is 11.0. The predicted molar refractivity (Wildman–Crippen MR) is 131 cm³/mol. The van der Waals surface area contributed by atoms with Gasteiger partial charge in [0.1, 0.15) is 5.75 Å². The fourth-order valence-corrected chi connectivity index (χ4v) is 4.25. The number of methoxy groups -OCH3 is 2. The Labute approximate surface area is 198 Å². The van der Waals surface area contributed by atoms with Gasteiger partial charge >= 0.3 is 5.97 Å². The molecule has 0 fully saturated rings. The van der Waals surface area contributed by atoms with Crippen molar-refractivity contribution in [1.29, 1.82) is 0 Å². The Kier molecular flexibility index (Phi) is 6.68. The van der Waals surface area contributed by atoms with Crippen molar-refractivity contribution >= 4 is 29.6 Å². The summed E-state index contributed by atoms with van der Waals surface area (Å²) in [5.74, 6) is 0.538. The number of rotatable bonds is 6. The normalized spacial score (nSPS) is 16.8. The Bertz CT molecular complexity index is 1330. The van der Waals surface area contributed by atoms with Gasteiger partial charge in [-0.2, -0.15) is 0 Å². The largest absolute Gasteiger partial charge is 0.497 e. The molecular weight excluding hydrogens is 430 g/mol. The highest BCUT2D eigenvalue weighted by Crippen LogP contribution is 2.39. The number of hydrogen-bond donors (Lipinski definition) is 0. The van der Waals surface area contributed by atoms with E-state index in [0.717, 1.165) is 27.3 Å². The zero-order chi connectivity index (χ0) is 24.2. The standard InChI is InChI=1S/C28H27NO5/c1-29(2)28(31)23-17-24(34-25(30)16-11-18-9-13-20(32-3)14-10-18)27(33-4)26-21-8-6-5-7-19(21)12-15-22(23)26/h5-14,16-17,22H,15H2,1-4H3/b16-11+. The van der Waals surface area contributed by atoms with Crippen molar-refractivity contribution in [2.75, 3.05) is 28.3 Å². The average Bonchev–Trinajstić information content (AvgIpc) is 2.86. The predicted octanol–water partition coefficient (Wildman–Crippen LogP) is 2.79. The molecule has 6 nitrogen and oxygen atoms in total. The number of fused-ring (bicyclic) bond motifs is 2. The first-order chi connectivity index (χ1) is 16.4. The van der Waals surface area contributed by atoms with Gasteiger partial charge in [0.2, 0.25) is 5.91 Å². The third-order valence-corrected chi connectivity index (χ3v) is 5.90. The molecule has 4 rings (SSSR count). The topological polar surface area (TPSA) is 65.1 Å². The summed E-state index contributed by atoms with van der Waals surface area (Å²) in [5.41, 5.74) is 2.25. The van der Waals surface area contributed by atoms with E-state index in [9.17, 15) is 9.59 Å². The monoisotopic (exact) mass is 457 g/mol. The van der Waals surface area contributed by atoms with Crippen LogP contribution in [0.3, 0.4) is 0 Å². The van der Waals surface area contributed by atoms with Gasteiger partial charge in [-0.05, 0) is 46.7 Å². The fourth-order valence-electron chi connectivity index (χ4n) is 4.25. The number of benzene rings is 2. The first-order valence-corrected chi connectivity index (χ1v) is 11.0. The van der Waals surface area contributed by atoms with Crippen molar-refractivity contribution in [2.24, 2.45) is 5.92 Å². The summed E-state index contributed by atoms with van der Waals surface area (Å²) in [7, 11) is 6.57. The van der Waals surface area contributed by atoms with E-state index >= 15 is 0 Å². The maximum Gasteiger partial charge on any atom is 0.336 e. The maximum absolute atomic E-state index is 13.1. The van der Waals surface area contributed by atoms with E-state index in [-0.39, 0.29) is 17.6 Å². The van der Waals surface area contributed by atoms with E-state index in [1.54, 1.807) is 40.5 Å². The van der Waals surface area contributed by atoms with Crippen molar-refractivity contribution in [3.05, 3.63) is 93.8 Å². The molecule has 1 amide bonds. The summed E-state index contributed by atoms with van der Waals surface area (Å²) in [6.45, 7) is 0. The Balaban J connectivity index is 1.75. The third kappa shape index (κ3) is 4.53. The van der Waals surface area contributed by atoms with Crippen LogP contribution in [0.5, 0.6) is 5.75 Å². The van der Waals surface area contributed by atoms with Crippen LogP contribution in [0.1, 0.15) is 12.0 Å². The van der Waals surface area contributed by atoms with Crippen molar-refractivity contribution in [1.82, 2.24) is 4.90 Å². The molecule has 0 aromatic heterocycles. The van der Waals surface area contributed by atoms with Crippen molar-refractivity contribution < 1.29 is 23.8 Å². The smallest absolute Gasteiger partial charge is 0.336 e. The molecule has 0 N–H and O–H groups in total. The molecule has 6 heteroatoms. The molecule has 0 aliphatic heterocycles. The molecule has 2 aromatic rings. The van der Waals surface area contributed by atoms with E-state index in [2.05, 4.69) is 6.08 Å². The summed E-state index contributed by atoms with van der Waals surface area (Å²) in [4.78, 5) is 27.3. The minimum Gasteiger partial charge on any atom is -0.497 e. The van der Waals surface area contributed by atoms with Crippen molar-refractivity contribution in [3.8, 4) is 5.75 Å². The molecule has 174 valence electrons. The van der Waals surface area contributed by atoms with Gasteiger partial charge in [-0.3, -0.25) is 4.79 Å². The van der Waals surface area contributed by atoms with Crippen LogP contribution < -0.4 is 15.2 Å². The van der Waals surface area contributed by atoms with Gasteiger partial charge in [0.15, 0.2) is 11.5 Å². The number of amides is 1. The Morgan fingerprint density at radius 3 is 2.41 bits per heavy atom. The van der Waals surface area contributed by atoms with Crippen molar-refractivity contribution in [2.45, 2.75) is 6.42 Å². The summed E-state index contributed by atoms with van der Waals surface area (Å²) >= 11 is 0. The second kappa shape index (κ2) is 9.83. The number of carbonyl (C=O) groups excluding carboxylic acids is 2. The van der Waals surface area contributed by atoms with Crippen LogP contribution in [0.25, 0.3) is 17.7 Å². The number of hydrogen-bond acceptors (Lipinski definition) is 5. The highest BCUT2D eigenvalue weighted by atomic mass is 16.6. The number of allylic oxidation sites excluding steroid dienone is 2. The lowest BCUT2D eigenvalue weighted by Gasteiger charge is -2.31. The molecule has 1 unspecified atom stereocenters. The zero-order valence-corrected chi connectivity index (χ0v) is 19.7. The molecule has 0 heterocycles. The van der Waals surface area contributed by atoms with Gasteiger partial charge in [-0.25, -0.2) is 4.79 Å². The molecule has 0 bridgehead atoms.